The van der Waals surface area contributed by atoms with Crippen molar-refractivity contribution in [3.8, 4) is 16.9 Å². The second kappa shape index (κ2) is 11.9. The van der Waals surface area contributed by atoms with Gasteiger partial charge in [0.15, 0.2) is 0 Å². The van der Waals surface area contributed by atoms with Gasteiger partial charge in [0.1, 0.15) is 5.75 Å². The molecule has 0 aliphatic heterocycles. The Morgan fingerprint density at radius 2 is 1.85 bits per heavy atom. The van der Waals surface area contributed by atoms with E-state index >= 15 is 0 Å². The summed E-state index contributed by atoms with van der Waals surface area (Å²) in [5.41, 5.74) is 9.41. The first-order valence-corrected chi connectivity index (χ1v) is 12.5. The van der Waals surface area contributed by atoms with Gasteiger partial charge < -0.3 is 26.1 Å². The number of carbonyl (C=O) groups is 2. The molecule has 0 aliphatic rings. The molecule has 5 N–H and O–H groups in total. The molecule has 0 fully saturated rings. The molecule has 1 heterocycles. The van der Waals surface area contributed by atoms with Crippen molar-refractivity contribution in [2.45, 2.75) is 25.5 Å². The number of alkyl halides is 2. The zero-order valence-corrected chi connectivity index (χ0v) is 21.5. The number of benzene rings is 3. The number of H-pyrrole nitrogens is 1. The minimum atomic E-state index is -3.69. The van der Waals surface area contributed by atoms with Crippen LogP contribution in [0.1, 0.15) is 33.2 Å². The molecule has 4 aromatic rings. The highest BCUT2D eigenvalue weighted by molar-refractivity contribution is 5.99. The van der Waals surface area contributed by atoms with Crippen LogP contribution in [0.25, 0.3) is 22.0 Å². The molecule has 1 atom stereocenters. The highest BCUT2D eigenvalue weighted by atomic mass is 19.3. The van der Waals surface area contributed by atoms with Crippen LogP contribution in [0.4, 0.5) is 8.78 Å². The molecule has 0 saturated carbocycles. The molecule has 202 valence electrons. The molecule has 3 aromatic carbocycles. The molecule has 1 unspecified atom stereocenters. The standard InChI is InChI=1S/C30H30F2N4O3/c1-3-30(31,32)39-27-13-12-20(19-8-7-9-21(14-19)28(37)34-4-2)16-25(27)29(38)36-23(17-33)15-22-18-35-26-11-6-5-10-24(22)26/h3,5-14,16,18,23,35H,1,4,15,17,33H2,2H3,(H,34,37)(H,36,38). The van der Waals surface area contributed by atoms with Gasteiger partial charge in [0, 0.05) is 47.9 Å². The Kier molecular flexibility index (Phi) is 8.41. The van der Waals surface area contributed by atoms with Gasteiger partial charge in [-0.3, -0.25) is 9.59 Å². The summed E-state index contributed by atoms with van der Waals surface area (Å²) in [6.45, 7) is 5.52. The summed E-state index contributed by atoms with van der Waals surface area (Å²) < 4.78 is 33.1. The van der Waals surface area contributed by atoms with E-state index in [9.17, 15) is 18.4 Å². The first-order chi connectivity index (χ1) is 18.7. The number of hydrogen-bond acceptors (Lipinski definition) is 4. The van der Waals surface area contributed by atoms with Crippen molar-refractivity contribution >= 4 is 22.7 Å². The zero-order valence-electron chi connectivity index (χ0n) is 21.5. The van der Waals surface area contributed by atoms with E-state index in [0.29, 0.717) is 35.7 Å². The summed E-state index contributed by atoms with van der Waals surface area (Å²) in [6.07, 6.45) is -1.04. The molecular formula is C30H30F2N4O3. The van der Waals surface area contributed by atoms with Crippen molar-refractivity contribution in [1.29, 1.82) is 0 Å². The maximum atomic E-state index is 14.1. The second-order valence-corrected chi connectivity index (χ2v) is 8.99. The van der Waals surface area contributed by atoms with Crippen LogP contribution >= 0.6 is 0 Å². The van der Waals surface area contributed by atoms with Crippen molar-refractivity contribution in [3.63, 3.8) is 0 Å². The zero-order chi connectivity index (χ0) is 28.0. The largest absolute Gasteiger partial charge is 0.429 e. The maximum absolute atomic E-state index is 14.1. The van der Waals surface area contributed by atoms with Gasteiger partial charge in [-0.2, -0.15) is 8.78 Å². The predicted molar refractivity (Wildman–Crippen MR) is 148 cm³/mol. The number of fused-ring (bicyclic) bond motifs is 1. The number of hydrogen-bond donors (Lipinski definition) is 4. The van der Waals surface area contributed by atoms with Crippen LogP contribution in [0.15, 0.2) is 85.6 Å². The Morgan fingerprint density at radius 3 is 2.59 bits per heavy atom. The SMILES string of the molecule is C=CC(F)(F)Oc1ccc(-c2cccc(C(=O)NCC)c2)cc1C(=O)NC(CN)Cc1c[nH]c2ccccc12. The van der Waals surface area contributed by atoms with Crippen LogP contribution < -0.4 is 21.1 Å². The number of amides is 2. The molecule has 39 heavy (non-hydrogen) atoms. The van der Waals surface area contributed by atoms with Crippen LogP contribution in [0.3, 0.4) is 0 Å². The van der Waals surface area contributed by atoms with E-state index in [4.69, 9.17) is 10.5 Å². The summed E-state index contributed by atoms with van der Waals surface area (Å²) in [4.78, 5) is 29.0. The molecule has 0 saturated heterocycles. The highest BCUT2D eigenvalue weighted by Gasteiger charge is 2.29. The first kappa shape index (κ1) is 27.5. The molecule has 0 spiro atoms. The summed E-state index contributed by atoms with van der Waals surface area (Å²) in [6, 6.07) is 18.4. The van der Waals surface area contributed by atoms with E-state index in [1.165, 1.54) is 12.1 Å². The van der Waals surface area contributed by atoms with Crippen LogP contribution in [0.2, 0.25) is 0 Å². The lowest BCUT2D eigenvalue weighted by molar-refractivity contribution is -0.131. The normalized spacial score (nSPS) is 12.1. The summed E-state index contributed by atoms with van der Waals surface area (Å²) >= 11 is 0. The Hall–Kier alpha value is -4.50. The van der Waals surface area contributed by atoms with Gasteiger partial charge in [-0.05, 0) is 60.4 Å². The van der Waals surface area contributed by atoms with Crippen LogP contribution in [-0.2, 0) is 6.42 Å². The summed E-state index contributed by atoms with van der Waals surface area (Å²) in [5.74, 6) is -1.18. The summed E-state index contributed by atoms with van der Waals surface area (Å²) in [5, 5.41) is 6.61. The molecule has 1 aromatic heterocycles. The number of carbonyl (C=O) groups excluding carboxylic acids is 2. The fraction of sp³-hybridized carbons (Fsp3) is 0.200. The van der Waals surface area contributed by atoms with E-state index in [1.807, 2.05) is 37.4 Å². The maximum Gasteiger partial charge on any atom is 0.419 e. The number of aromatic amines is 1. The first-order valence-electron chi connectivity index (χ1n) is 12.5. The van der Waals surface area contributed by atoms with Gasteiger partial charge >= 0.3 is 6.11 Å². The van der Waals surface area contributed by atoms with E-state index in [1.54, 1.807) is 30.3 Å². The van der Waals surface area contributed by atoms with Gasteiger partial charge in [0.2, 0.25) is 0 Å². The third-order valence-electron chi connectivity index (χ3n) is 6.26. The molecule has 2 amide bonds. The summed E-state index contributed by atoms with van der Waals surface area (Å²) in [7, 11) is 0. The minimum absolute atomic E-state index is 0.102. The van der Waals surface area contributed by atoms with Crippen molar-refractivity contribution in [3.05, 3.63) is 102 Å². The number of ether oxygens (including phenoxy) is 1. The monoisotopic (exact) mass is 532 g/mol. The van der Waals surface area contributed by atoms with Crippen molar-refractivity contribution in [2.75, 3.05) is 13.1 Å². The lowest BCUT2D eigenvalue weighted by Gasteiger charge is -2.20. The lowest BCUT2D eigenvalue weighted by atomic mass is 9.99. The number of rotatable bonds is 11. The number of halogens is 2. The second-order valence-electron chi connectivity index (χ2n) is 8.99. The fourth-order valence-corrected chi connectivity index (χ4v) is 4.29. The molecule has 0 radical (unpaired) electrons. The molecule has 9 heteroatoms. The van der Waals surface area contributed by atoms with Crippen molar-refractivity contribution in [1.82, 2.24) is 15.6 Å². The molecule has 0 bridgehead atoms. The van der Waals surface area contributed by atoms with Crippen molar-refractivity contribution < 1.29 is 23.1 Å². The number of aromatic nitrogens is 1. The molecule has 4 rings (SSSR count). The predicted octanol–water partition coefficient (Wildman–Crippen LogP) is 5.04. The molecular weight excluding hydrogens is 502 g/mol. The van der Waals surface area contributed by atoms with Gasteiger partial charge in [-0.1, -0.05) is 43.0 Å². The van der Waals surface area contributed by atoms with Crippen LogP contribution in [0, 0.1) is 0 Å². The van der Waals surface area contributed by atoms with E-state index in [-0.39, 0.29) is 23.8 Å². The Morgan fingerprint density at radius 1 is 1.08 bits per heavy atom. The lowest BCUT2D eigenvalue weighted by Crippen LogP contribution is -2.42. The molecule has 7 nitrogen and oxygen atoms in total. The van der Waals surface area contributed by atoms with Gasteiger partial charge in [0.25, 0.3) is 11.8 Å². The smallest absolute Gasteiger partial charge is 0.419 e. The van der Waals surface area contributed by atoms with Crippen LogP contribution in [0.5, 0.6) is 5.75 Å². The molecule has 0 aliphatic carbocycles. The third-order valence-corrected chi connectivity index (χ3v) is 6.26. The van der Waals surface area contributed by atoms with Crippen LogP contribution in [-0.4, -0.2) is 42.0 Å². The van der Waals surface area contributed by atoms with Gasteiger partial charge in [0.05, 0.1) is 5.56 Å². The van der Waals surface area contributed by atoms with E-state index < -0.39 is 18.1 Å². The Labute approximate surface area is 225 Å². The number of para-hydroxylation sites is 1. The van der Waals surface area contributed by atoms with E-state index in [0.717, 1.165) is 16.5 Å². The third kappa shape index (κ3) is 6.50. The topological polar surface area (TPSA) is 109 Å². The van der Waals surface area contributed by atoms with Gasteiger partial charge in [-0.25, -0.2) is 0 Å². The highest BCUT2D eigenvalue weighted by Crippen LogP contribution is 2.31. The average molecular weight is 533 g/mol. The Bertz CT molecular complexity index is 1500. The van der Waals surface area contributed by atoms with Gasteiger partial charge in [-0.15, -0.1) is 0 Å². The van der Waals surface area contributed by atoms with E-state index in [2.05, 4.69) is 22.2 Å². The Balaban J connectivity index is 1.65. The number of nitrogens with one attached hydrogen (secondary N) is 3. The minimum Gasteiger partial charge on any atom is -0.429 e. The van der Waals surface area contributed by atoms with Crippen molar-refractivity contribution in [2.24, 2.45) is 5.73 Å². The quantitative estimate of drug-likeness (QED) is 0.203. The number of nitrogens with two attached hydrogens (primary N) is 1. The average Bonchev–Trinajstić information content (AvgIpc) is 3.35. The fourth-order valence-electron chi connectivity index (χ4n) is 4.29.